The Hall–Kier alpha value is -3.46. The molecule has 0 spiro atoms. The van der Waals surface area contributed by atoms with Crippen LogP contribution in [0.3, 0.4) is 0 Å². The third-order valence-corrected chi connectivity index (χ3v) is 5.26. The number of carbonyl (C=O) groups is 2. The fraction of sp³-hybridized carbons (Fsp3) is 0.150. The van der Waals surface area contributed by atoms with Crippen molar-refractivity contribution in [1.82, 2.24) is 10.6 Å². The van der Waals surface area contributed by atoms with Crippen LogP contribution in [0.4, 0.5) is 4.79 Å². The van der Waals surface area contributed by atoms with Crippen molar-refractivity contribution >= 4 is 23.7 Å². The van der Waals surface area contributed by atoms with E-state index in [1.54, 1.807) is 18.5 Å². The summed E-state index contributed by atoms with van der Waals surface area (Å²) >= 11 is 1.42. The number of benzene rings is 1. The lowest BCUT2D eigenvalue weighted by Gasteiger charge is -2.08. The van der Waals surface area contributed by atoms with Gasteiger partial charge in [-0.15, -0.1) is 0 Å². The zero-order valence-corrected chi connectivity index (χ0v) is 16.2. The van der Waals surface area contributed by atoms with Crippen LogP contribution in [0.1, 0.15) is 22.9 Å². The Morgan fingerprint density at radius 2 is 2.00 bits per heavy atom. The van der Waals surface area contributed by atoms with E-state index in [2.05, 4.69) is 10.6 Å². The van der Waals surface area contributed by atoms with E-state index < -0.39 is 18.0 Å². The summed E-state index contributed by atoms with van der Waals surface area (Å²) in [5.74, 6) is 0.654. The molecule has 1 atom stereocenters. The minimum Gasteiger partial charge on any atom is -0.489 e. The smallest absolute Gasteiger partial charge is 0.322 e. The summed E-state index contributed by atoms with van der Waals surface area (Å²) in [4.78, 5) is 24.9. The Balaban J connectivity index is 1.41. The van der Waals surface area contributed by atoms with E-state index in [0.29, 0.717) is 18.1 Å². The number of furan rings is 1. The number of nitrogens with zero attached hydrogens (tertiary/aromatic N) is 1. The highest BCUT2D eigenvalue weighted by Gasteiger charge is 2.35. The van der Waals surface area contributed by atoms with E-state index in [1.165, 1.54) is 18.0 Å². The molecule has 3 amide bonds. The minimum atomic E-state index is -0.828. The molecule has 1 unspecified atom stereocenters. The first kappa shape index (κ1) is 18.9. The lowest BCUT2D eigenvalue weighted by molar-refractivity contribution is -0.905. The van der Waals surface area contributed by atoms with Gasteiger partial charge in [-0.25, -0.2) is 4.79 Å². The predicted octanol–water partition coefficient (Wildman–Crippen LogP) is 2.72. The summed E-state index contributed by atoms with van der Waals surface area (Å²) in [6.07, 6.45) is 4.69. The third-order valence-electron chi connectivity index (χ3n) is 4.20. The van der Waals surface area contributed by atoms with Gasteiger partial charge in [0.15, 0.2) is 6.04 Å². The molecule has 1 aromatic carbocycles. The predicted molar refractivity (Wildman–Crippen MR) is 102 cm³/mol. The van der Waals surface area contributed by atoms with Crippen LogP contribution in [0.15, 0.2) is 69.3 Å². The maximum atomic E-state index is 11.9. The van der Waals surface area contributed by atoms with E-state index in [4.69, 9.17) is 9.15 Å². The van der Waals surface area contributed by atoms with E-state index in [1.807, 2.05) is 37.3 Å². The Bertz CT molecular complexity index is 1040. The molecule has 1 fully saturated rings. The highest BCUT2D eigenvalue weighted by molar-refractivity contribution is 7.99. The Morgan fingerprint density at radius 3 is 2.69 bits per heavy atom. The maximum absolute atomic E-state index is 11.9. The topological polar surface area (TPSA) is 105 Å². The van der Waals surface area contributed by atoms with Gasteiger partial charge in [0, 0.05) is 15.2 Å². The van der Waals surface area contributed by atoms with Crippen molar-refractivity contribution < 1.29 is 28.7 Å². The van der Waals surface area contributed by atoms with E-state index in [9.17, 15) is 14.8 Å². The molecular weight excluding hydrogens is 394 g/mol. The van der Waals surface area contributed by atoms with Crippen molar-refractivity contribution in [2.45, 2.75) is 29.4 Å². The van der Waals surface area contributed by atoms with Gasteiger partial charge in [0.25, 0.3) is 5.91 Å². The number of imide groups is 1. The van der Waals surface area contributed by atoms with Gasteiger partial charge in [-0.3, -0.25) is 15.3 Å². The van der Waals surface area contributed by atoms with Crippen LogP contribution >= 0.6 is 11.8 Å². The molecule has 9 heteroatoms. The number of aromatic nitrogens is 1. The Labute approximate surface area is 170 Å². The molecule has 8 nitrogen and oxygen atoms in total. The molecule has 3 heterocycles. The van der Waals surface area contributed by atoms with Gasteiger partial charge in [0.05, 0.1) is 16.7 Å². The van der Waals surface area contributed by atoms with Gasteiger partial charge < -0.3 is 14.5 Å². The van der Waals surface area contributed by atoms with Crippen LogP contribution in [0.5, 0.6) is 5.75 Å². The summed E-state index contributed by atoms with van der Waals surface area (Å²) in [6.45, 7) is 2.23. The van der Waals surface area contributed by atoms with Crippen LogP contribution in [-0.4, -0.2) is 17.1 Å². The Morgan fingerprint density at radius 1 is 1.21 bits per heavy atom. The SMILES string of the molecule is Cc1cc(COc2ccc(Sc3ccoc3C3NC(=O)NC3=O)cc2)c[n+](O)c1. The number of hydrogen-bond acceptors (Lipinski definition) is 6. The molecule has 0 aliphatic carbocycles. The molecule has 0 radical (unpaired) electrons. The summed E-state index contributed by atoms with van der Waals surface area (Å²) in [5, 5.41) is 14.3. The molecular formula is C20H18N3O5S+. The first-order chi connectivity index (χ1) is 14.0. The van der Waals surface area contributed by atoms with E-state index >= 15 is 0 Å². The highest BCUT2D eigenvalue weighted by Crippen LogP contribution is 2.35. The average Bonchev–Trinajstić information content (AvgIpc) is 3.25. The van der Waals surface area contributed by atoms with Crippen molar-refractivity contribution in [3.05, 3.63) is 71.9 Å². The molecule has 0 saturated carbocycles. The average molecular weight is 412 g/mol. The van der Waals surface area contributed by atoms with Gasteiger partial charge >= 0.3 is 6.03 Å². The largest absolute Gasteiger partial charge is 0.489 e. The summed E-state index contributed by atoms with van der Waals surface area (Å²) in [5.41, 5.74) is 1.79. The van der Waals surface area contributed by atoms with Gasteiger partial charge in [-0.2, -0.15) is 0 Å². The number of carbonyl (C=O) groups excluding carboxylic acids is 2. The number of nitrogens with one attached hydrogen (secondary N) is 2. The van der Waals surface area contributed by atoms with Crippen LogP contribution in [0, 0.1) is 6.92 Å². The number of aryl methyl sites for hydroxylation is 1. The number of hydrogen-bond donors (Lipinski definition) is 3. The number of pyridine rings is 1. The van der Waals surface area contributed by atoms with Crippen molar-refractivity contribution in [2.75, 3.05) is 0 Å². The highest BCUT2D eigenvalue weighted by atomic mass is 32.2. The molecule has 29 heavy (non-hydrogen) atoms. The van der Waals surface area contributed by atoms with E-state index in [0.717, 1.165) is 25.6 Å². The fourth-order valence-corrected chi connectivity index (χ4v) is 3.88. The standard InChI is InChI=1S/C20H17N3O5S/c1-12-8-13(10-23(26)9-12)11-28-14-2-4-15(5-3-14)29-16-6-7-27-18(16)17-19(24)22-20(25)21-17/h2-10,17H,11H2,1H3,(H2-,21,22,24,25,26)/p+1. The first-order valence-corrected chi connectivity index (χ1v) is 9.60. The first-order valence-electron chi connectivity index (χ1n) is 8.78. The molecule has 4 rings (SSSR count). The second-order valence-corrected chi connectivity index (χ2v) is 7.62. The molecule has 1 aliphatic rings. The fourth-order valence-electron chi connectivity index (χ4n) is 2.96. The zero-order chi connectivity index (χ0) is 20.4. The van der Waals surface area contributed by atoms with Gasteiger partial charge in [0.2, 0.25) is 12.4 Å². The number of ether oxygens (including phenoxy) is 1. The lowest BCUT2D eigenvalue weighted by Crippen LogP contribution is -2.30. The second kappa shape index (κ2) is 7.88. The molecule has 2 aromatic heterocycles. The number of urea groups is 1. The van der Waals surface area contributed by atoms with Gasteiger partial charge in [-0.1, -0.05) is 11.8 Å². The third kappa shape index (κ3) is 4.35. The maximum Gasteiger partial charge on any atom is 0.322 e. The van der Waals surface area contributed by atoms with Crippen molar-refractivity contribution in [1.29, 1.82) is 0 Å². The monoisotopic (exact) mass is 412 g/mol. The zero-order valence-electron chi connectivity index (χ0n) is 15.4. The van der Waals surface area contributed by atoms with Crippen molar-refractivity contribution in [3.63, 3.8) is 0 Å². The van der Waals surface area contributed by atoms with Crippen LogP contribution in [-0.2, 0) is 11.4 Å². The lowest BCUT2D eigenvalue weighted by atomic mass is 10.2. The molecule has 3 N–H and O–H groups in total. The Kier molecular flexibility index (Phi) is 5.13. The van der Waals surface area contributed by atoms with Crippen LogP contribution < -0.4 is 20.1 Å². The van der Waals surface area contributed by atoms with Crippen molar-refractivity contribution in [3.8, 4) is 5.75 Å². The molecule has 0 bridgehead atoms. The normalized spacial score (nSPS) is 15.8. The summed E-state index contributed by atoms with van der Waals surface area (Å²) < 4.78 is 12.2. The van der Waals surface area contributed by atoms with Gasteiger partial charge in [0.1, 0.15) is 18.1 Å². The summed E-state index contributed by atoms with van der Waals surface area (Å²) in [7, 11) is 0. The van der Waals surface area contributed by atoms with Crippen LogP contribution in [0.2, 0.25) is 0 Å². The van der Waals surface area contributed by atoms with E-state index in [-0.39, 0.29) is 0 Å². The summed E-state index contributed by atoms with van der Waals surface area (Å²) in [6, 6.07) is 9.81. The number of rotatable bonds is 6. The van der Waals surface area contributed by atoms with Crippen molar-refractivity contribution in [2.24, 2.45) is 0 Å². The molecule has 148 valence electrons. The quantitative estimate of drug-likeness (QED) is 0.327. The number of amides is 3. The molecule has 3 aromatic rings. The molecule has 1 saturated heterocycles. The molecule has 1 aliphatic heterocycles. The van der Waals surface area contributed by atoms with Crippen LogP contribution in [0.25, 0.3) is 0 Å². The minimum absolute atomic E-state index is 0.330. The second-order valence-electron chi connectivity index (χ2n) is 6.51. The van der Waals surface area contributed by atoms with Gasteiger partial charge in [-0.05, 0) is 43.3 Å².